The number of thioether (sulfide) groups is 1. The summed E-state index contributed by atoms with van der Waals surface area (Å²) < 4.78 is 43.0. The third-order valence-electron chi connectivity index (χ3n) is 2.36. The first-order valence-corrected chi connectivity index (χ1v) is 6.81. The van der Waals surface area contributed by atoms with Gasteiger partial charge in [-0.15, -0.1) is 10.2 Å². The van der Waals surface area contributed by atoms with Crippen molar-refractivity contribution in [2.75, 3.05) is 5.84 Å². The average Bonchev–Trinajstić information content (AvgIpc) is 2.91. The fraction of sp³-hybridized carbons (Fsp3) is 0.600. The normalized spacial score (nSPS) is 12.9. The van der Waals surface area contributed by atoms with Crippen molar-refractivity contribution in [1.29, 1.82) is 0 Å². The van der Waals surface area contributed by atoms with Crippen LogP contribution in [0.4, 0.5) is 13.2 Å². The molecule has 2 aromatic rings. The second-order valence-electron chi connectivity index (χ2n) is 5.23. The minimum absolute atomic E-state index is 0.0792. The first-order chi connectivity index (χ1) is 9.59. The van der Waals surface area contributed by atoms with Gasteiger partial charge in [0.25, 0.3) is 5.82 Å². The van der Waals surface area contributed by atoms with E-state index in [-0.39, 0.29) is 16.3 Å². The van der Waals surface area contributed by atoms with Gasteiger partial charge in [-0.05, 0) is 0 Å². The highest BCUT2D eigenvalue weighted by Crippen LogP contribution is 2.29. The van der Waals surface area contributed by atoms with Crippen molar-refractivity contribution in [2.45, 2.75) is 43.3 Å². The topological polar surface area (TPSA) is 95.7 Å². The monoisotopic (exact) mass is 322 g/mol. The molecule has 21 heavy (non-hydrogen) atoms. The number of hydrogen-bond donors (Lipinski definition) is 1. The molecule has 11 heteroatoms. The van der Waals surface area contributed by atoms with E-state index in [1.807, 2.05) is 20.8 Å². The largest absolute Gasteiger partial charge is 0.453 e. The predicted molar refractivity (Wildman–Crippen MR) is 67.7 cm³/mol. The molecule has 116 valence electrons. The van der Waals surface area contributed by atoms with Crippen molar-refractivity contribution in [3.63, 3.8) is 0 Å². The molecule has 2 N–H and O–H groups in total. The number of aromatic nitrogens is 5. The summed E-state index contributed by atoms with van der Waals surface area (Å²) in [6, 6.07) is 0. The van der Waals surface area contributed by atoms with Gasteiger partial charge < -0.3 is 10.4 Å². The lowest BCUT2D eigenvalue weighted by molar-refractivity contribution is -0.146. The summed E-state index contributed by atoms with van der Waals surface area (Å²) in [7, 11) is 0. The Balaban J connectivity index is 2.07. The molecule has 0 fully saturated rings. The molecule has 2 rings (SSSR count). The molecule has 0 atom stereocenters. The van der Waals surface area contributed by atoms with Crippen molar-refractivity contribution in [3.8, 4) is 0 Å². The molecule has 0 saturated carbocycles. The Kier molecular flexibility index (Phi) is 3.87. The number of hydrogen-bond acceptors (Lipinski definition) is 7. The summed E-state index contributed by atoms with van der Waals surface area (Å²) in [5.74, 6) is 5.03. The predicted octanol–water partition coefficient (Wildman–Crippen LogP) is 1.98. The van der Waals surface area contributed by atoms with Crippen LogP contribution in [0.5, 0.6) is 0 Å². The molecule has 0 aliphatic carbocycles. The Morgan fingerprint density at radius 2 is 1.90 bits per heavy atom. The zero-order chi connectivity index (χ0) is 15.8. The fourth-order valence-corrected chi connectivity index (χ4v) is 2.01. The lowest BCUT2D eigenvalue weighted by Crippen LogP contribution is -2.21. The van der Waals surface area contributed by atoms with Crippen LogP contribution in [0.25, 0.3) is 0 Å². The zero-order valence-electron chi connectivity index (χ0n) is 11.5. The highest BCUT2D eigenvalue weighted by atomic mass is 32.2. The quantitative estimate of drug-likeness (QED) is 0.682. The molecule has 0 aliphatic heterocycles. The maximum atomic E-state index is 12.5. The molecule has 2 aromatic heterocycles. The van der Waals surface area contributed by atoms with E-state index in [2.05, 4.69) is 20.3 Å². The smallest absolute Gasteiger partial charge is 0.339 e. The van der Waals surface area contributed by atoms with Crippen LogP contribution in [0, 0.1) is 0 Å². The minimum atomic E-state index is -4.65. The lowest BCUT2D eigenvalue weighted by atomic mass is 9.97. The number of nitrogens with two attached hydrogens (primary N) is 1. The lowest BCUT2D eigenvalue weighted by Gasteiger charge is -2.10. The second kappa shape index (κ2) is 5.20. The molecule has 0 amide bonds. The first kappa shape index (κ1) is 15.6. The number of nitrogen functional groups attached to an aromatic ring is 1. The Labute approximate surface area is 122 Å². The van der Waals surface area contributed by atoms with E-state index in [0.717, 1.165) is 11.8 Å². The minimum Gasteiger partial charge on any atom is -0.339 e. The molecule has 0 bridgehead atoms. The van der Waals surface area contributed by atoms with Crippen molar-refractivity contribution in [2.24, 2.45) is 0 Å². The van der Waals surface area contributed by atoms with Gasteiger partial charge >= 0.3 is 6.18 Å². The van der Waals surface area contributed by atoms with Gasteiger partial charge in [0.15, 0.2) is 5.82 Å². The number of rotatable bonds is 3. The van der Waals surface area contributed by atoms with Crippen molar-refractivity contribution < 1.29 is 17.7 Å². The highest BCUT2D eigenvalue weighted by molar-refractivity contribution is 7.98. The molecule has 0 saturated heterocycles. The number of halogens is 3. The summed E-state index contributed by atoms with van der Waals surface area (Å²) in [4.78, 5) is 4.16. The van der Waals surface area contributed by atoms with Crippen LogP contribution in [-0.2, 0) is 17.3 Å². The van der Waals surface area contributed by atoms with Crippen LogP contribution in [0.1, 0.15) is 38.3 Å². The Morgan fingerprint density at radius 1 is 1.24 bits per heavy atom. The van der Waals surface area contributed by atoms with Crippen LogP contribution in [0.2, 0.25) is 0 Å². The SMILES string of the molecule is CC(C)(C)c1nc(CSc2nnc(C(F)(F)F)n2N)no1. The summed E-state index contributed by atoms with van der Waals surface area (Å²) in [6.07, 6.45) is -4.65. The van der Waals surface area contributed by atoms with Crippen molar-refractivity contribution in [3.05, 3.63) is 17.5 Å². The van der Waals surface area contributed by atoms with Gasteiger partial charge in [-0.2, -0.15) is 18.2 Å². The average molecular weight is 322 g/mol. The third-order valence-corrected chi connectivity index (χ3v) is 3.30. The fourth-order valence-electron chi connectivity index (χ4n) is 1.32. The summed E-state index contributed by atoms with van der Waals surface area (Å²) >= 11 is 0.940. The van der Waals surface area contributed by atoms with Gasteiger partial charge in [-0.1, -0.05) is 37.7 Å². The molecule has 0 radical (unpaired) electrons. The van der Waals surface area contributed by atoms with Crippen LogP contribution in [0.3, 0.4) is 0 Å². The third kappa shape index (κ3) is 3.46. The van der Waals surface area contributed by atoms with E-state index in [9.17, 15) is 13.2 Å². The maximum absolute atomic E-state index is 12.5. The van der Waals surface area contributed by atoms with Gasteiger partial charge in [0.05, 0.1) is 5.75 Å². The molecule has 0 spiro atoms. The number of alkyl halides is 3. The Hall–Kier alpha value is -1.78. The molecular weight excluding hydrogens is 309 g/mol. The summed E-state index contributed by atoms with van der Waals surface area (Å²) in [5, 5.41) is 10.1. The van der Waals surface area contributed by atoms with Gasteiger partial charge in [0.2, 0.25) is 11.0 Å². The van der Waals surface area contributed by atoms with E-state index in [4.69, 9.17) is 10.4 Å². The van der Waals surface area contributed by atoms with E-state index in [0.29, 0.717) is 16.4 Å². The van der Waals surface area contributed by atoms with Gasteiger partial charge in [0, 0.05) is 5.41 Å². The summed E-state index contributed by atoms with van der Waals surface area (Å²) in [6.45, 7) is 5.72. The molecule has 7 nitrogen and oxygen atoms in total. The molecule has 0 aromatic carbocycles. The standard InChI is InChI=1S/C10H13F3N6OS/c1-9(2,3)7-15-5(18-20-7)4-21-8-17-16-6(19(8)14)10(11,12)13/h4,14H2,1-3H3. The zero-order valence-corrected chi connectivity index (χ0v) is 12.3. The Bertz CT molecular complexity index is 630. The molecule has 0 unspecified atom stereocenters. The van der Waals surface area contributed by atoms with E-state index in [1.54, 1.807) is 0 Å². The van der Waals surface area contributed by atoms with E-state index >= 15 is 0 Å². The van der Waals surface area contributed by atoms with Crippen molar-refractivity contribution >= 4 is 11.8 Å². The molecule has 2 heterocycles. The number of nitrogens with zero attached hydrogens (tertiary/aromatic N) is 5. The molecule has 0 aliphatic rings. The summed E-state index contributed by atoms with van der Waals surface area (Å²) in [5.41, 5.74) is -0.298. The van der Waals surface area contributed by atoms with Gasteiger partial charge in [-0.25, -0.2) is 4.68 Å². The van der Waals surface area contributed by atoms with Crippen molar-refractivity contribution in [1.82, 2.24) is 25.0 Å². The molecular formula is C10H13F3N6OS. The Morgan fingerprint density at radius 3 is 2.38 bits per heavy atom. The second-order valence-corrected chi connectivity index (χ2v) is 6.17. The van der Waals surface area contributed by atoms with E-state index in [1.165, 1.54) is 0 Å². The van der Waals surface area contributed by atoms with Crippen LogP contribution >= 0.6 is 11.8 Å². The van der Waals surface area contributed by atoms with Crippen LogP contribution < -0.4 is 5.84 Å². The van der Waals surface area contributed by atoms with Gasteiger partial charge in [-0.3, -0.25) is 0 Å². The van der Waals surface area contributed by atoms with Gasteiger partial charge in [0.1, 0.15) is 0 Å². The van der Waals surface area contributed by atoms with Crippen LogP contribution in [0.15, 0.2) is 9.68 Å². The first-order valence-electron chi connectivity index (χ1n) is 5.82. The highest BCUT2D eigenvalue weighted by Gasteiger charge is 2.38. The maximum Gasteiger partial charge on any atom is 0.453 e. The van der Waals surface area contributed by atoms with Crippen LogP contribution in [-0.4, -0.2) is 25.0 Å². The van der Waals surface area contributed by atoms with E-state index < -0.39 is 12.0 Å².